The molecule has 0 aliphatic rings. The number of amides is 1. The molecule has 27 heavy (non-hydrogen) atoms. The number of carbonyl (C=O) groups is 1. The van der Waals surface area contributed by atoms with E-state index in [1.54, 1.807) is 37.4 Å². The van der Waals surface area contributed by atoms with E-state index in [1.165, 1.54) is 24.6 Å². The molecule has 2 aromatic heterocycles. The molecule has 3 rings (SSSR count). The Morgan fingerprint density at radius 3 is 2.78 bits per heavy atom. The van der Waals surface area contributed by atoms with Crippen LogP contribution in [0.1, 0.15) is 34.1 Å². The highest BCUT2D eigenvalue weighted by atomic mass is 79.9. The van der Waals surface area contributed by atoms with Gasteiger partial charge in [-0.1, -0.05) is 41.1 Å². The second-order valence-electron chi connectivity index (χ2n) is 5.97. The van der Waals surface area contributed by atoms with Gasteiger partial charge in [0.05, 0.1) is 15.4 Å². The summed E-state index contributed by atoms with van der Waals surface area (Å²) in [4.78, 5) is 17.5. The lowest BCUT2D eigenvalue weighted by Gasteiger charge is -2.31. The summed E-state index contributed by atoms with van der Waals surface area (Å²) in [7, 11) is -2.74. The minimum absolute atomic E-state index is 0.157. The maximum Gasteiger partial charge on any atom is 0.305 e. The van der Waals surface area contributed by atoms with Gasteiger partial charge in [-0.25, -0.2) is 9.71 Å². The molecule has 1 amide bonds. The highest BCUT2D eigenvalue weighted by Crippen LogP contribution is 2.38. The number of furan rings is 1. The van der Waals surface area contributed by atoms with E-state index in [9.17, 15) is 13.2 Å². The van der Waals surface area contributed by atoms with Crippen LogP contribution in [0.2, 0.25) is 0 Å². The van der Waals surface area contributed by atoms with Gasteiger partial charge in [0, 0.05) is 18.6 Å². The molecule has 0 aliphatic carbocycles. The Morgan fingerprint density at radius 2 is 2.11 bits per heavy atom. The standard InChI is InChI=1S/C17H18BrN3O4S2/c1-4-15-19-9-14(26-15)17(2,18)21(3)27(23,24)20-16(22)12-10-25-13-8-6-5-7-11(12)13/h5-10H,4H2,1-3H3,(H,20,22). The van der Waals surface area contributed by atoms with Crippen LogP contribution in [0.3, 0.4) is 0 Å². The van der Waals surface area contributed by atoms with E-state index in [-0.39, 0.29) is 5.56 Å². The van der Waals surface area contributed by atoms with E-state index < -0.39 is 20.6 Å². The zero-order chi connectivity index (χ0) is 19.8. The number of nitrogens with zero attached hydrogens (tertiary/aromatic N) is 2. The summed E-state index contributed by atoms with van der Waals surface area (Å²) in [6, 6.07) is 6.92. The molecule has 1 unspecified atom stereocenters. The van der Waals surface area contributed by atoms with Crippen LogP contribution in [0.5, 0.6) is 0 Å². The summed E-state index contributed by atoms with van der Waals surface area (Å²) in [5.74, 6) is -0.756. The summed E-state index contributed by atoms with van der Waals surface area (Å²) in [6.07, 6.45) is 3.64. The summed E-state index contributed by atoms with van der Waals surface area (Å²) in [5, 5.41) is 1.44. The van der Waals surface area contributed by atoms with E-state index in [0.717, 1.165) is 15.7 Å². The zero-order valence-electron chi connectivity index (χ0n) is 14.9. The SMILES string of the molecule is CCc1ncc(C(C)(Br)N(C)S(=O)(=O)NC(=O)c2coc3ccccc23)s1. The first kappa shape index (κ1) is 20.0. The van der Waals surface area contributed by atoms with E-state index in [2.05, 4.69) is 25.6 Å². The number of aryl methyl sites for hydroxylation is 1. The van der Waals surface area contributed by atoms with Crippen molar-refractivity contribution in [2.75, 3.05) is 7.05 Å². The number of carbonyl (C=O) groups excluding carboxylic acids is 1. The molecule has 10 heteroatoms. The van der Waals surface area contributed by atoms with Gasteiger partial charge < -0.3 is 4.42 Å². The van der Waals surface area contributed by atoms with Crippen molar-refractivity contribution in [3.05, 3.63) is 52.2 Å². The van der Waals surface area contributed by atoms with Crippen LogP contribution in [0, 0.1) is 0 Å². The van der Waals surface area contributed by atoms with Crippen molar-refractivity contribution in [3.63, 3.8) is 0 Å². The fraction of sp³-hybridized carbons (Fsp3) is 0.294. The quantitative estimate of drug-likeness (QED) is 0.437. The second kappa shape index (κ2) is 7.34. The molecule has 0 spiro atoms. The molecule has 1 atom stereocenters. The molecule has 0 radical (unpaired) electrons. The molecule has 0 aliphatic heterocycles. The van der Waals surface area contributed by atoms with E-state index in [4.69, 9.17) is 4.42 Å². The number of halogens is 1. The average Bonchev–Trinajstić information content (AvgIpc) is 3.27. The Balaban J connectivity index is 1.85. The number of benzene rings is 1. The first-order valence-electron chi connectivity index (χ1n) is 8.08. The molecule has 1 aromatic carbocycles. The molecule has 1 N–H and O–H groups in total. The molecule has 0 fully saturated rings. The molecule has 2 heterocycles. The smallest absolute Gasteiger partial charge is 0.305 e. The molecule has 3 aromatic rings. The van der Waals surface area contributed by atoms with Crippen molar-refractivity contribution in [2.45, 2.75) is 24.7 Å². The normalized spacial score (nSPS) is 14.4. The number of thiazole rings is 1. The Bertz CT molecular complexity index is 1090. The van der Waals surface area contributed by atoms with Crippen LogP contribution in [0.15, 0.2) is 41.1 Å². The second-order valence-corrected chi connectivity index (χ2v) is 10.3. The Kier molecular flexibility index (Phi) is 5.44. The number of aromatic nitrogens is 1. The van der Waals surface area contributed by atoms with Gasteiger partial charge in [0.15, 0.2) is 0 Å². The zero-order valence-corrected chi connectivity index (χ0v) is 18.1. The van der Waals surface area contributed by atoms with E-state index >= 15 is 0 Å². The lowest BCUT2D eigenvalue weighted by molar-refractivity contribution is 0.0979. The minimum Gasteiger partial charge on any atom is -0.463 e. The Labute approximate surface area is 169 Å². The molecule has 0 saturated carbocycles. The molecular formula is C17H18BrN3O4S2. The Hall–Kier alpha value is -1.75. The number of hydrogen-bond acceptors (Lipinski definition) is 6. The molecule has 0 saturated heterocycles. The first-order valence-corrected chi connectivity index (χ1v) is 11.1. The molecule has 0 bridgehead atoms. The number of para-hydroxylation sites is 1. The number of fused-ring (bicyclic) bond motifs is 1. The molecular weight excluding hydrogens is 454 g/mol. The van der Waals surface area contributed by atoms with Crippen LogP contribution in [0.25, 0.3) is 11.0 Å². The predicted molar refractivity (Wildman–Crippen MR) is 108 cm³/mol. The average molecular weight is 472 g/mol. The lowest BCUT2D eigenvalue weighted by Crippen LogP contribution is -2.48. The van der Waals surface area contributed by atoms with Gasteiger partial charge in [0.25, 0.3) is 5.91 Å². The topological polar surface area (TPSA) is 92.5 Å². The number of alkyl halides is 1. The third-order valence-corrected chi connectivity index (χ3v) is 8.54. The summed E-state index contributed by atoms with van der Waals surface area (Å²) < 4.78 is 33.0. The number of rotatable bonds is 6. The molecule has 144 valence electrons. The van der Waals surface area contributed by atoms with Crippen LogP contribution in [-0.2, 0) is 21.1 Å². The van der Waals surface area contributed by atoms with Crippen LogP contribution in [-0.4, -0.2) is 30.7 Å². The lowest BCUT2D eigenvalue weighted by atomic mass is 10.2. The number of hydrogen-bond donors (Lipinski definition) is 1. The maximum absolute atomic E-state index is 12.8. The summed E-state index contributed by atoms with van der Waals surface area (Å²) in [5.41, 5.74) is 0.667. The van der Waals surface area contributed by atoms with Gasteiger partial charge in [-0.05, 0) is 19.4 Å². The number of nitrogens with one attached hydrogen (secondary N) is 1. The highest BCUT2D eigenvalue weighted by Gasteiger charge is 2.39. The van der Waals surface area contributed by atoms with E-state index in [1.807, 2.05) is 6.92 Å². The summed E-state index contributed by atoms with van der Waals surface area (Å²) >= 11 is 4.87. The van der Waals surface area contributed by atoms with Gasteiger partial charge in [0.1, 0.15) is 16.3 Å². The van der Waals surface area contributed by atoms with Crippen LogP contribution >= 0.6 is 27.3 Å². The van der Waals surface area contributed by atoms with Crippen molar-refractivity contribution < 1.29 is 17.6 Å². The first-order chi connectivity index (χ1) is 12.7. The van der Waals surface area contributed by atoms with Gasteiger partial charge in [-0.2, -0.15) is 12.7 Å². The maximum atomic E-state index is 12.8. The summed E-state index contributed by atoms with van der Waals surface area (Å²) in [6.45, 7) is 3.67. The largest absolute Gasteiger partial charge is 0.463 e. The van der Waals surface area contributed by atoms with E-state index in [0.29, 0.717) is 15.8 Å². The fourth-order valence-electron chi connectivity index (χ4n) is 2.46. The Morgan fingerprint density at radius 1 is 1.41 bits per heavy atom. The van der Waals surface area contributed by atoms with Crippen molar-refractivity contribution in [1.82, 2.24) is 14.0 Å². The van der Waals surface area contributed by atoms with Gasteiger partial charge in [0.2, 0.25) is 0 Å². The monoisotopic (exact) mass is 471 g/mol. The van der Waals surface area contributed by atoms with Crippen LogP contribution in [0.4, 0.5) is 0 Å². The van der Waals surface area contributed by atoms with Crippen molar-refractivity contribution in [1.29, 1.82) is 0 Å². The minimum atomic E-state index is -4.13. The molecule has 7 nitrogen and oxygen atoms in total. The van der Waals surface area contributed by atoms with Crippen LogP contribution < -0.4 is 4.72 Å². The fourth-order valence-corrected chi connectivity index (χ4v) is 5.40. The highest BCUT2D eigenvalue weighted by molar-refractivity contribution is 9.09. The van der Waals surface area contributed by atoms with Gasteiger partial charge in [-0.3, -0.25) is 4.79 Å². The predicted octanol–water partition coefficient (Wildman–Crippen LogP) is 3.63. The van der Waals surface area contributed by atoms with Crippen molar-refractivity contribution in [2.24, 2.45) is 0 Å². The van der Waals surface area contributed by atoms with Crippen molar-refractivity contribution >= 4 is 54.4 Å². The van der Waals surface area contributed by atoms with Crippen molar-refractivity contribution in [3.8, 4) is 0 Å². The van der Waals surface area contributed by atoms with Gasteiger partial charge in [-0.15, -0.1) is 11.3 Å². The van der Waals surface area contributed by atoms with Gasteiger partial charge >= 0.3 is 10.2 Å². The third kappa shape index (κ3) is 3.79. The third-order valence-electron chi connectivity index (χ3n) is 4.20.